The molecule has 0 aliphatic carbocycles. The largest absolute Gasteiger partial charge is 0.433 e. The molecule has 0 radical (unpaired) electrons. The van der Waals surface area contributed by atoms with E-state index in [4.69, 9.17) is 0 Å². The van der Waals surface area contributed by atoms with Crippen LogP contribution in [0.2, 0.25) is 0 Å². The van der Waals surface area contributed by atoms with Crippen molar-refractivity contribution < 1.29 is 18.0 Å². The van der Waals surface area contributed by atoms with Crippen molar-refractivity contribution in [3.05, 3.63) is 69.8 Å². The van der Waals surface area contributed by atoms with Crippen LogP contribution in [0.4, 0.5) is 19.1 Å². The van der Waals surface area contributed by atoms with Crippen LogP contribution in [0.1, 0.15) is 27.4 Å². The fourth-order valence-corrected chi connectivity index (χ4v) is 3.34. The van der Waals surface area contributed by atoms with E-state index in [0.29, 0.717) is 11.1 Å². The zero-order valence-electron chi connectivity index (χ0n) is 15.4. The normalized spacial score (nSPS) is 11.8. The quantitative estimate of drug-likeness (QED) is 0.481. The number of hydrogen-bond donors (Lipinski definition) is 1. The average Bonchev–Trinajstić information content (AvgIpc) is 3.25. The number of anilines is 1. The maximum absolute atomic E-state index is 13.3. The van der Waals surface area contributed by atoms with E-state index < -0.39 is 17.8 Å². The van der Waals surface area contributed by atoms with Crippen LogP contribution in [0.3, 0.4) is 0 Å². The van der Waals surface area contributed by atoms with Crippen molar-refractivity contribution in [1.82, 2.24) is 29.4 Å². The molecule has 0 aliphatic heterocycles. The molecule has 4 rings (SSSR count). The highest BCUT2D eigenvalue weighted by molar-refractivity contribution is 9.10. The molecule has 0 saturated heterocycles. The lowest BCUT2D eigenvalue weighted by atomic mass is 10.2. The van der Waals surface area contributed by atoms with Crippen molar-refractivity contribution in [1.29, 1.82) is 0 Å². The van der Waals surface area contributed by atoms with Crippen LogP contribution in [-0.4, -0.2) is 35.3 Å². The van der Waals surface area contributed by atoms with Gasteiger partial charge in [-0.15, -0.1) is 5.10 Å². The minimum absolute atomic E-state index is 0.0000665. The second kappa shape index (κ2) is 7.52. The third-order valence-electron chi connectivity index (χ3n) is 4.12. The molecular formula is C18H13BrF3N7O. The Bertz CT molecular complexity index is 1230. The Morgan fingerprint density at radius 2 is 1.93 bits per heavy atom. The highest BCUT2D eigenvalue weighted by Gasteiger charge is 2.36. The summed E-state index contributed by atoms with van der Waals surface area (Å²) in [5, 5.41) is 10.4. The van der Waals surface area contributed by atoms with Crippen molar-refractivity contribution in [3.8, 4) is 0 Å². The van der Waals surface area contributed by atoms with Crippen molar-refractivity contribution in [2.75, 3.05) is 5.32 Å². The maximum Gasteiger partial charge on any atom is 0.433 e. The van der Waals surface area contributed by atoms with Gasteiger partial charge in [-0.05, 0) is 34.5 Å². The number of carbonyl (C=O) groups excluding carboxylic acids is 1. The minimum atomic E-state index is -4.66. The van der Waals surface area contributed by atoms with Gasteiger partial charge < -0.3 is 0 Å². The monoisotopic (exact) mass is 479 g/mol. The Morgan fingerprint density at radius 1 is 1.20 bits per heavy atom. The summed E-state index contributed by atoms with van der Waals surface area (Å²) in [4.78, 5) is 20.7. The van der Waals surface area contributed by atoms with Gasteiger partial charge in [0.15, 0.2) is 11.3 Å². The number of fused-ring (bicyclic) bond motifs is 1. The summed E-state index contributed by atoms with van der Waals surface area (Å²) >= 11 is 3.13. The van der Waals surface area contributed by atoms with Gasteiger partial charge >= 0.3 is 6.18 Å². The number of rotatable bonds is 4. The SMILES string of the molecule is Cc1cc(C(F)(F)F)n2nc(C(=O)Nc3ncn(Cc4ccccc4)n3)c(Br)c2n1. The first-order valence-electron chi connectivity index (χ1n) is 8.60. The molecule has 1 N–H and O–H groups in total. The van der Waals surface area contributed by atoms with E-state index in [9.17, 15) is 18.0 Å². The molecule has 3 aromatic heterocycles. The van der Waals surface area contributed by atoms with Gasteiger partial charge in [0.05, 0.1) is 11.0 Å². The summed E-state index contributed by atoms with van der Waals surface area (Å²) in [5.74, 6) is -0.768. The van der Waals surface area contributed by atoms with Crippen LogP contribution >= 0.6 is 15.9 Å². The molecule has 1 aromatic carbocycles. The highest BCUT2D eigenvalue weighted by Crippen LogP contribution is 2.32. The first-order chi connectivity index (χ1) is 14.2. The molecule has 12 heteroatoms. The third-order valence-corrected chi connectivity index (χ3v) is 4.85. The number of nitrogens with one attached hydrogen (secondary N) is 1. The Kier molecular flexibility index (Phi) is 5.02. The van der Waals surface area contributed by atoms with Crippen molar-refractivity contribution in [2.24, 2.45) is 0 Å². The van der Waals surface area contributed by atoms with E-state index in [-0.39, 0.29) is 27.5 Å². The molecule has 0 saturated carbocycles. The molecule has 0 fully saturated rings. The predicted octanol–water partition coefficient (Wildman–Crippen LogP) is 3.71. The maximum atomic E-state index is 13.3. The van der Waals surface area contributed by atoms with E-state index in [2.05, 4.69) is 41.4 Å². The number of aromatic nitrogens is 6. The number of alkyl halides is 3. The number of hydrogen-bond acceptors (Lipinski definition) is 5. The van der Waals surface area contributed by atoms with Crippen LogP contribution in [-0.2, 0) is 12.7 Å². The molecule has 30 heavy (non-hydrogen) atoms. The number of benzene rings is 1. The standard InChI is InChI=1S/C18H13BrF3N7O/c1-10-7-12(18(20,21)22)29-15(24-10)13(19)14(26-29)16(30)25-17-23-9-28(27-17)8-11-5-3-2-4-6-11/h2-7,9H,8H2,1H3,(H,25,27,30). The molecule has 0 bridgehead atoms. The minimum Gasteiger partial charge on any atom is -0.288 e. The number of aryl methyl sites for hydroxylation is 1. The number of halogens is 4. The fraction of sp³-hybridized carbons (Fsp3) is 0.167. The summed E-state index contributed by atoms with van der Waals surface area (Å²) in [6, 6.07) is 10.4. The van der Waals surface area contributed by atoms with Crippen molar-refractivity contribution in [3.63, 3.8) is 0 Å². The zero-order valence-corrected chi connectivity index (χ0v) is 16.9. The smallest absolute Gasteiger partial charge is 0.288 e. The zero-order chi connectivity index (χ0) is 21.5. The summed E-state index contributed by atoms with van der Waals surface area (Å²) in [7, 11) is 0. The van der Waals surface area contributed by atoms with Crippen LogP contribution < -0.4 is 5.32 Å². The average molecular weight is 480 g/mol. The lowest BCUT2D eigenvalue weighted by molar-refractivity contribution is -0.142. The molecule has 0 atom stereocenters. The van der Waals surface area contributed by atoms with Crippen LogP contribution in [0.25, 0.3) is 5.65 Å². The lowest BCUT2D eigenvalue weighted by Crippen LogP contribution is -2.16. The molecule has 0 spiro atoms. The van der Waals surface area contributed by atoms with Crippen LogP contribution in [0, 0.1) is 6.92 Å². The number of nitrogens with zero attached hydrogens (tertiary/aromatic N) is 6. The molecule has 0 unspecified atom stereocenters. The van der Waals surface area contributed by atoms with E-state index in [0.717, 1.165) is 11.6 Å². The predicted molar refractivity (Wildman–Crippen MR) is 104 cm³/mol. The Morgan fingerprint density at radius 3 is 2.63 bits per heavy atom. The van der Waals surface area contributed by atoms with E-state index in [1.807, 2.05) is 30.3 Å². The first kappa shape index (κ1) is 20.0. The van der Waals surface area contributed by atoms with Crippen molar-refractivity contribution in [2.45, 2.75) is 19.6 Å². The molecule has 154 valence electrons. The fourth-order valence-electron chi connectivity index (χ4n) is 2.82. The van der Waals surface area contributed by atoms with Gasteiger partial charge in [0.1, 0.15) is 12.0 Å². The van der Waals surface area contributed by atoms with E-state index in [1.165, 1.54) is 17.9 Å². The molecule has 3 heterocycles. The van der Waals surface area contributed by atoms with Gasteiger partial charge in [0, 0.05) is 5.69 Å². The van der Waals surface area contributed by atoms with E-state index >= 15 is 0 Å². The second-order valence-electron chi connectivity index (χ2n) is 6.38. The second-order valence-corrected chi connectivity index (χ2v) is 7.18. The van der Waals surface area contributed by atoms with Gasteiger partial charge in [-0.3, -0.25) is 10.1 Å². The lowest BCUT2D eigenvalue weighted by Gasteiger charge is -2.09. The van der Waals surface area contributed by atoms with Crippen LogP contribution in [0.5, 0.6) is 0 Å². The summed E-state index contributed by atoms with van der Waals surface area (Å²) in [6.07, 6.45) is -3.23. The number of amides is 1. The molecule has 1 amide bonds. The number of carbonyl (C=O) groups is 1. The first-order valence-corrected chi connectivity index (χ1v) is 9.39. The molecule has 8 nitrogen and oxygen atoms in total. The molecular weight excluding hydrogens is 467 g/mol. The molecule has 4 aromatic rings. The van der Waals surface area contributed by atoms with Gasteiger partial charge in [0.2, 0.25) is 5.95 Å². The van der Waals surface area contributed by atoms with Gasteiger partial charge in [0.25, 0.3) is 5.91 Å². The topological polar surface area (TPSA) is 90.0 Å². The third kappa shape index (κ3) is 3.90. The summed E-state index contributed by atoms with van der Waals surface area (Å²) < 4.78 is 42.2. The Hall–Kier alpha value is -3.28. The van der Waals surface area contributed by atoms with Gasteiger partial charge in [-0.25, -0.2) is 19.2 Å². The molecule has 0 aliphatic rings. The van der Waals surface area contributed by atoms with Crippen molar-refractivity contribution >= 4 is 33.4 Å². The highest BCUT2D eigenvalue weighted by atomic mass is 79.9. The summed E-state index contributed by atoms with van der Waals surface area (Å²) in [6.45, 7) is 1.87. The van der Waals surface area contributed by atoms with Gasteiger partial charge in [-0.1, -0.05) is 30.3 Å². The Balaban J connectivity index is 1.61. The summed E-state index contributed by atoms with van der Waals surface area (Å²) in [5.41, 5.74) is -0.281. The van der Waals surface area contributed by atoms with Crippen LogP contribution in [0.15, 0.2) is 47.2 Å². The Labute approximate surface area is 175 Å². The van der Waals surface area contributed by atoms with Gasteiger partial charge in [-0.2, -0.15) is 18.3 Å². The van der Waals surface area contributed by atoms with E-state index in [1.54, 1.807) is 0 Å².